The summed E-state index contributed by atoms with van der Waals surface area (Å²) in [5, 5.41) is 10.4. The Hall–Kier alpha value is -1.97. The summed E-state index contributed by atoms with van der Waals surface area (Å²) in [7, 11) is -0.535. The van der Waals surface area contributed by atoms with E-state index in [-0.39, 0.29) is 16.8 Å². The lowest BCUT2D eigenvalue weighted by atomic mass is 9.96. The van der Waals surface area contributed by atoms with Crippen LogP contribution in [0.25, 0.3) is 11.0 Å². The summed E-state index contributed by atoms with van der Waals surface area (Å²) in [6.07, 6.45) is 2.48. The van der Waals surface area contributed by atoms with Gasteiger partial charge in [-0.25, -0.2) is 17.7 Å². The summed E-state index contributed by atoms with van der Waals surface area (Å²) in [5.74, 6) is 0.782. The number of hydrogen-bond donors (Lipinski definition) is 1. The van der Waals surface area contributed by atoms with Crippen molar-refractivity contribution in [2.45, 2.75) is 69.5 Å². The number of rotatable bonds is 7. The van der Waals surface area contributed by atoms with E-state index in [4.69, 9.17) is 0 Å². The first-order chi connectivity index (χ1) is 14.0. The minimum absolute atomic E-state index is 0.0187. The lowest BCUT2D eigenvalue weighted by Crippen LogP contribution is -2.48. The molecule has 1 unspecified atom stereocenters. The molecule has 1 amide bonds. The van der Waals surface area contributed by atoms with E-state index in [2.05, 4.69) is 4.98 Å². The molecule has 3 rings (SSSR count). The number of aromatic nitrogens is 2. The van der Waals surface area contributed by atoms with E-state index in [0.717, 1.165) is 24.2 Å². The number of carbonyl (C=O) groups excluding carboxylic acids is 1. The fraction of sp³-hybridized carbons (Fsp3) is 0.619. The van der Waals surface area contributed by atoms with Crippen molar-refractivity contribution in [3.8, 4) is 0 Å². The number of hydrogen-bond acceptors (Lipinski definition) is 5. The van der Waals surface area contributed by atoms with Gasteiger partial charge in [0.15, 0.2) is 0 Å². The van der Waals surface area contributed by atoms with Crippen molar-refractivity contribution in [2.24, 2.45) is 0 Å². The smallest absolute Gasteiger partial charge is 0.242 e. The molecular formula is C21H32N4O4S. The second-order valence-electron chi connectivity index (χ2n) is 8.61. The molecule has 1 atom stereocenters. The molecule has 2 heterocycles. The Balaban J connectivity index is 1.83. The van der Waals surface area contributed by atoms with Crippen LogP contribution in [-0.2, 0) is 27.8 Å². The first-order valence-electron chi connectivity index (χ1n) is 10.4. The summed E-state index contributed by atoms with van der Waals surface area (Å²) in [4.78, 5) is 19.5. The summed E-state index contributed by atoms with van der Waals surface area (Å²) >= 11 is 0. The molecule has 0 spiro atoms. The number of amides is 1. The number of nitrogens with zero attached hydrogens (tertiary/aromatic N) is 4. The zero-order valence-electron chi connectivity index (χ0n) is 18.4. The maximum atomic E-state index is 12.8. The zero-order chi connectivity index (χ0) is 22.3. The van der Waals surface area contributed by atoms with E-state index in [0.29, 0.717) is 31.4 Å². The Bertz CT molecular complexity index is 1040. The molecule has 1 N–H and O–H groups in total. The van der Waals surface area contributed by atoms with Crippen molar-refractivity contribution in [2.75, 3.05) is 20.6 Å². The molecule has 0 radical (unpaired) electrons. The standard InChI is InChI=1S/C21H32N4O4S/c1-6-24-17-10-9-15(30(28,29)23(4)5)14-16(17)22-19(24)11-12-20(26)25-13-7-8-18(25)21(2,3)27/h9-10,14,18,27H,6-8,11-13H2,1-5H3. The fourth-order valence-electron chi connectivity index (χ4n) is 4.24. The Morgan fingerprint density at radius 3 is 2.63 bits per heavy atom. The highest BCUT2D eigenvalue weighted by molar-refractivity contribution is 7.89. The third kappa shape index (κ3) is 4.24. The predicted octanol–water partition coefficient (Wildman–Crippen LogP) is 2.00. The van der Waals surface area contributed by atoms with Gasteiger partial charge in [0.2, 0.25) is 15.9 Å². The highest BCUT2D eigenvalue weighted by Crippen LogP contribution is 2.28. The maximum absolute atomic E-state index is 12.8. The van der Waals surface area contributed by atoms with Gasteiger partial charge in [-0.15, -0.1) is 0 Å². The number of aryl methyl sites for hydroxylation is 2. The van der Waals surface area contributed by atoms with Crippen molar-refractivity contribution in [3.63, 3.8) is 0 Å². The summed E-state index contributed by atoms with van der Waals surface area (Å²) < 4.78 is 28.1. The van der Waals surface area contributed by atoms with Gasteiger partial charge in [0, 0.05) is 40.0 Å². The molecule has 1 fully saturated rings. The van der Waals surface area contributed by atoms with Crippen LogP contribution in [0.2, 0.25) is 0 Å². The molecule has 1 aliphatic heterocycles. The van der Waals surface area contributed by atoms with Gasteiger partial charge in [0.1, 0.15) is 5.82 Å². The zero-order valence-corrected chi connectivity index (χ0v) is 19.2. The monoisotopic (exact) mass is 436 g/mol. The largest absolute Gasteiger partial charge is 0.388 e. The summed E-state index contributed by atoms with van der Waals surface area (Å²) in [6, 6.07) is 4.80. The van der Waals surface area contributed by atoms with Crippen LogP contribution in [-0.4, -0.2) is 70.5 Å². The second-order valence-corrected chi connectivity index (χ2v) is 10.8. The minimum Gasteiger partial charge on any atom is -0.388 e. The van der Waals surface area contributed by atoms with Gasteiger partial charge in [-0.1, -0.05) is 0 Å². The van der Waals surface area contributed by atoms with Crippen molar-refractivity contribution in [3.05, 3.63) is 24.0 Å². The third-order valence-corrected chi connectivity index (χ3v) is 7.66. The van der Waals surface area contributed by atoms with Gasteiger partial charge >= 0.3 is 0 Å². The normalized spacial score (nSPS) is 18.0. The summed E-state index contributed by atoms with van der Waals surface area (Å²) in [5.41, 5.74) is 0.544. The van der Waals surface area contributed by atoms with Crippen molar-refractivity contribution >= 4 is 27.0 Å². The van der Waals surface area contributed by atoms with Crippen LogP contribution < -0.4 is 0 Å². The molecular weight excluding hydrogens is 404 g/mol. The first kappa shape index (κ1) is 22.7. The van der Waals surface area contributed by atoms with Gasteiger partial charge in [0.25, 0.3) is 0 Å². The number of aliphatic hydroxyl groups is 1. The van der Waals surface area contributed by atoms with Crippen LogP contribution in [0.3, 0.4) is 0 Å². The van der Waals surface area contributed by atoms with Crippen molar-refractivity contribution in [1.29, 1.82) is 0 Å². The van der Waals surface area contributed by atoms with Gasteiger partial charge in [-0.05, 0) is 51.8 Å². The van der Waals surface area contributed by atoms with Gasteiger partial charge in [-0.2, -0.15) is 0 Å². The van der Waals surface area contributed by atoms with Crippen LogP contribution in [0.4, 0.5) is 0 Å². The van der Waals surface area contributed by atoms with Gasteiger partial charge < -0.3 is 14.6 Å². The average Bonchev–Trinajstić information content (AvgIpc) is 3.29. The van der Waals surface area contributed by atoms with Crippen LogP contribution in [0.5, 0.6) is 0 Å². The number of fused-ring (bicyclic) bond motifs is 1. The van der Waals surface area contributed by atoms with E-state index in [9.17, 15) is 18.3 Å². The lowest BCUT2D eigenvalue weighted by Gasteiger charge is -2.33. The van der Waals surface area contributed by atoms with Crippen LogP contribution in [0, 0.1) is 0 Å². The second kappa shape index (κ2) is 8.28. The quantitative estimate of drug-likeness (QED) is 0.716. The molecule has 1 saturated heterocycles. The Labute approximate surface area is 178 Å². The Kier molecular flexibility index (Phi) is 6.27. The van der Waals surface area contributed by atoms with E-state index in [1.807, 2.05) is 11.5 Å². The number of benzene rings is 1. The highest BCUT2D eigenvalue weighted by atomic mass is 32.2. The van der Waals surface area contributed by atoms with Crippen LogP contribution >= 0.6 is 0 Å². The molecule has 1 aromatic heterocycles. The Morgan fingerprint density at radius 2 is 2.03 bits per heavy atom. The number of imidazole rings is 1. The van der Waals surface area contributed by atoms with Gasteiger partial charge in [0.05, 0.1) is 27.6 Å². The van der Waals surface area contributed by atoms with Crippen LogP contribution in [0.15, 0.2) is 23.1 Å². The first-order valence-corrected chi connectivity index (χ1v) is 11.8. The molecule has 8 nitrogen and oxygen atoms in total. The van der Waals surface area contributed by atoms with E-state index < -0.39 is 15.6 Å². The van der Waals surface area contributed by atoms with Crippen molar-refractivity contribution in [1.82, 2.24) is 18.8 Å². The minimum atomic E-state index is -3.54. The number of likely N-dealkylation sites (tertiary alicyclic amines) is 1. The number of carbonyl (C=O) groups is 1. The van der Waals surface area contributed by atoms with E-state index in [1.54, 1.807) is 36.9 Å². The van der Waals surface area contributed by atoms with E-state index >= 15 is 0 Å². The SMILES string of the molecule is CCn1c(CCC(=O)N2CCCC2C(C)(C)O)nc2cc(S(=O)(=O)N(C)C)ccc21. The van der Waals surface area contributed by atoms with Crippen molar-refractivity contribution < 1.29 is 18.3 Å². The number of sulfonamides is 1. The summed E-state index contributed by atoms with van der Waals surface area (Å²) in [6.45, 7) is 6.85. The molecule has 1 aliphatic rings. The molecule has 9 heteroatoms. The molecule has 0 saturated carbocycles. The molecule has 1 aromatic carbocycles. The Morgan fingerprint density at radius 1 is 1.33 bits per heavy atom. The lowest BCUT2D eigenvalue weighted by molar-refractivity contribution is -0.136. The molecule has 0 bridgehead atoms. The fourth-order valence-corrected chi connectivity index (χ4v) is 5.16. The highest BCUT2D eigenvalue weighted by Gasteiger charge is 2.38. The average molecular weight is 437 g/mol. The maximum Gasteiger partial charge on any atom is 0.242 e. The van der Waals surface area contributed by atoms with Crippen LogP contribution in [0.1, 0.15) is 45.9 Å². The van der Waals surface area contributed by atoms with E-state index in [1.165, 1.54) is 18.4 Å². The third-order valence-electron chi connectivity index (χ3n) is 5.84. The molecule has 30 heavy (non-hydrogen) atoms. The van der Waals surface area contributed by atoms with Gasteiger partial charge in [-0.3, -0.25) is 4.79 Å². The molecule has 166 valence electrons. The predicted molar refractivity (Wildman–Crippen MR) is 116 cm³/mol. The topological polar surface area (TPSA) is 95.7 Å². The molecule has 0 aliphatic carbocycles. The molecule has 2 aromatic rings.